The van der Waals surface area contributed by atoms with Crippen LogP contribution in [-0.4, -0.2) is 25.4 Å². The SMILES string of the molecule is COc1cc(C)c(Cl)cc1NCCCCO. The normalized spacial score (nSPS) is 10.2. The quantitative estimate of drug-likeness (QED) is 0.755. The van der Waals surface area contributed by atoms with Crippen LogP contribution in [0.3, 0.4) is 0 Å². The fourth-order valence-electron chi connectivity index (χ4n) is 1.42. The Morgan fingerprint density at radius 3 is 2.75 bits per heavy atom. The molecule has 1 aromatic carbocycles. The number of aryl methyl sites for hydroxylation is 1. The van der Waals surface area contributed by atoms with E-state index in [1.54, 1.807) is 7.11 Å². The third-order valence-corrected chi connectivity index (χ3v) is 2.79. The van der Waals surface area contributed by atoms with Gasteiger partial charge in [0.15, 0.2) is 0 Å². The highest BCUT2D eigenvalue weighted by atomic mass is 35.5. The van der Waals surface area contributed by atoms with E-state index in [1.807, 2.05) is 19.1 Å². The Bertz CT molecular complexity index is 342. The number of aliphatic hydroxyl groups is 1. The molecule has 0 amide bonds. The van der Waals surface area contributed by atoms with Gasteiger partial charge in [0.1, 0.15) is 5.75 Å². The third kappa shape index (κ3) is 3.58. The van der Waals surface area contributed by atoms with Gasteiger partial charge in [-0.15, -0.1) is 0 Å². The summed E-state index contributed by atoms with van der Waals surface area (Å²) < 4.78 is 5.27. The van der Waals surface area contributed by atoms with Crippen LogP contribution in [0.2, 0.25) is 5.02 Å². The number of ether oxygens (including phenoxy) is 1. The molecule has 0 aliphatic heterocycles. The Morgan fingerprint density at radius 1 is 1.38 bits per heavy atom. The lowest BCUT2D eigenvalue weighted by atomic mass is 10.2. The highest BCUT2D eigenvalue weighted by Gasteiger charge is 2.05. The summed E-state index contributed by atoms with van der Waals surface area (Å²) in [6.07, 6.45) is 1.72. The van der Waals surface area contributed by atoms with Crippen molar-refractivity contribution in [1.82, 2.24) is 0 Å². The molecule has 3 nitrogen and oxygen atoms in total. The number of aliphatic hydroxyl groups excluding tert-OH is 1. The zero-order valence-corrected chi connectivity index (χ0v) is 10.5. The fraction of sp³-hybridized carbons (Fsp3) is 0.500. The molecule has 1 rings (SSSR count). The zero-order chi connectivity index (χ0) is 12.0. The summed E-state index contributed by atoms with van der Waals surface area (Å²) in [7, 11) is 1.64. The number of anilines is 1. The van der Waals surface area contributed by atoms with Crippen molar-refractivity contribution in [2.24, 2.45) is 0 Å². The van der Waals surface area contributed by atoms with Crippen molar-refractivity contribution in [1.29, 1.82) is 0 Å². The summed E-state index contributed by atoms with van der Waals surface area (Å²) in [5.41, 5.74) is 1.90. The average Bonchev–Trinajstić information content (AvgIpc) is 2.28. The highest BCUT2D eigenvalue weighted by molar-refractivity contribution is 6.31. The van der Waals surface area contributed by atoms with Crippen LogP contribution in [0.25, 0.3) is 0 Å². The zero-order valence-electron chi connectivity index (χ0n) is 9.72. The van der Waals surface area contributed by atoms with E-state index in [4.69, 9.17) is 21.4 Å². The van der Waals surface area contributed by atoms with Gasteiger partial charge >= 0.3 is 0 Å². The van der Waals surface area contributed by atoms with Gasteiger partial charge in [0.05, 0.1) is 12.8 Å². The lowest BCUT2D eigenvalue weighted by Gasteiger charge is -2.12. The molecule has 0 aliphatic carbocycles. The standard InChI is InChI=1S/C12H18ClNO2/c1-9-7-12(16-2)11(8-10(9)13)14-5-3-4-6-15/h7-8,14-15H,3-6H2,1-2H3. The van der Waals surface area contributed by atoms with E-state index < -0.39 is 0 Å². The molecule has 0 radical (unpaired) electrons. The lowest BCUT2D eigenvalue weighted by molar-refractivity contribution is 0.286. The Hall–Kier alpha value is -0.930. The Labute approximate surface area is 101 Å². The molecular formula is C12H18ClNO2. The van der Waals surface area contributed by atoms with Crippen molar-refractivity contribution in [3.8, 4) is 5.75 Å². The summed E-state index contributed by atoms with van der Waals surface area (Å²) in [6, 6.07) is 3.78. The fourth-order valence-corrected chi connectivity index (χ4v) is 1.59. The molecule has 4 heteroatoms. The molecule has 1 aromatic rings. The van der Waals surface area contributed by atoms with Crippen molar-refractivity contribution in [3.63, 3.8) is 0 Å². The molecule has 0 spiro atoms. The van der Waals surface area contributed by atoms with E-state index >= 15 is 0 Å². The van der Waals surface area contributed by atoms with Gasteiger partial charge in [0, 0.05) is 18.2 Å². The summed E-state index contributed by atoms with van der Waals surface area (Å²) in [4.78, 5) is 0. The molecular weight excluding hydrogens is 226 g/mol. The first kappa shape index (κ1) is 13.1. The largest absolute Gasteiger partial charge is 0.495 e. The molecule has 0 aliphatic rings. The maximum atomic E-state index is 8.67. The average molecular weight is 244 g/mol. The minimum absolute atomic E-state index is 0.230. The molecule has 0 saturated heterocycles. The van der Waals surface area contributed by atoms with E-state index in [1.165, 1.54) is 0 Å². The second-order valence-electron chi connectivity index (χ2n) is 3.66. The molecule has 0 heterocycles. The minimum atomic E-state index is 0.230. The van der Waals surface area contributed by atoms with E-state index in [0.29, 0.717) is 0 Å². The Kier molecular flexibility index (Phi) is 5.43. The summed E-state index contributed by atoms with van der Waals surface area (Å²) in [5, 5.41) is 12.6. The molecule has 0 bridgehead atoms. The molecule has 0 aromatic heterocycles. The van der Waals surface area contributed by atoms with Crippen LogP contribution in [0.15, 0.2) is 12.1 Å². The molecule has 0 saturated carbocycles. The van der Waals surface area contributed by atoms with Crippen LogP contribution >= 0.6 is 11.6 Å². The number of unbranched alkanes of at least 4 members (excludes halogenated alkanes) is 1. The van der Waals surface area contributed by atoms with Gasteiger partial charge in [-0.1, -0.05) is 11.6 Å². The number of rotatable bonds is 6. The second-order valence-corrected chi connectivity index (χ2v) is 4.07. The molecule has 0 fully saturated rings. The van der Waals surface area contributed by atoms with E-state index in [2.05, 4.69) is 5.32 Å². The maximum absolute atomic E-state index is 8.67. The molecule has 0 unspecified atom stereocenters. The van der Waals surface area contributed by atoms with Gasteiger partial charge in [-0.3, -0.25) is 0 Å². The van der Waals surface area contributed by atoms with Crippen molar-refractivity contribution < 1.29 is 9.84 Å². The maximum Gasteiger partial charge on any atom is 0.142 e. The first-order valence-corrected chi connectivity index (χ1v) is 5.75. The van der Waals surface area contributed by atoms with Crippen molar-refractivity contribution in [3.05, 3.63) is 22.7 Å². The van der Waals surface area contributed by atoms with Crippen LogP contribution in [-0.2, 0) is 0 Å². The molecule has 0 atom stereocenters. The number of hydrogen-bond donors (Lipinski definition) is 2. The predicted molar refractivity (Wildman–Crippen MR) is 67.6 cm³/mol. The highest BCUT2D eigenvalue weighted by Crippen LogP contribution is 2.30. The molecule has 2 N–H and O–H groups in total. The lowest BCUT2D eigenvalue weighted by Crippen LogP contribution is -2.04. The van der Waals surface area contributed by atoms with E-state index in [0.717, 1.165) is 41.4 Å². The Balaban J connectivity index is 2.66. The van der Waals surface area contributed by atoms with Gasteiger partial charge < -0.3 is 15.2 Å². The predicted octanol–water partition coefficient (Wildman–Crippen LogP) is 2.84. The number of hydrogen-bond acceptors (Lipinski definition) is 3. The monoisotopic (exact) mass is 243 g/mol. The minimum Gasteiger partial charge on any atom is -0.495 e. The van der Waals surface area contributed by atoms with Crippen molar-refractivity contribution in [2.45, 2.75) is 19.8 Å². The van der Waals surface area contributed by atoms with Gasteiger partial charge in [-0.2, -0.15) is 0 Å². The number of halogens is 1. The Morgan fingerprint density at radius 2 is 2.12 bits per heavy atom. The second kappa shape index (κ2) is 6.61. The van der Waals surface area contributed by atoms with Gasteiger partial charge in [0.2, 0.25) is 0 Å². The van der Waals surface area contributed by atoms with Gasteiger partial charge in [0.25, 0.3) is 0 Å². The van der Waals surface area contributed by atoms with E-state index in [9.17, 15) is 0 Å². The summed E-state index contributed by atoms with van der Waals surface area (Å²) >= 11 is 6.05. The van der Waals surface area contributed by atoms with Crippen molar-refractivity contribution >= 4 is 17.3 Å². The third-order valence-electron chi connectivity index (χ3n) is 2.38. The summed E-state index contributed by atoms with van der Waals surface area (Å²) in [6.45, 7) is 2.98. The molecule has 90 valence electrons. The number of nitrogens with one attached hydrogen (secondary N) is 1. The van der Waals surface area contributed by atoms with Crippen LogP contribution in [0.1, 0.15) is 18.4 Å². The van der Waals surface area contributed by atoms with Crippen LogP contribution in [0, 0.1) is 6.92 Å². The van der Waals surface area contributed by atoms with Crippen LogP contribution in [0.5, 0.6) is 5.75 Å². The summed E-state index contributed by atoms with van der Waals surface area (Å²) in [5.74, 6) is 0.797. The van der Waals surface area contributed by atoms with Crippen LogP contribution in [0.4, 0.5) is 5.69 Å². The topological polar surface area (TPSA) is 41.5 Å². The van der Waals surface area contributed by atoms with Crippen LogP contribution < -0.4 is 10.1 Å². The number of benzene rings is 1. The number of methoxy groups -OCH3 is 1. The molecule has 16 heavy (non-hydrogen) atoms. The first-order chi connectivity index (χ1) is 7.69. The van der Waals surface area contributed by atoms with Gasteiger partial charge in [-0.05, 0) is 37.5 Å². The van der Waals surface area contributed by atoms with Crippen molar-refractivity contribution in [2.75, 3.05) is 25.6 Å². The van der Waals surface area contributed by atoms with E-state index in [-0.39, 0.29) is 6.61 Å². The first-order valence-electron chi connectivity index (χ1n) is 5.38. The smallest absolute Gasteiger partial charge is 0.142 e. The van der Waals surface area contributed by atoms with Gasteiger partial charge in [-0.25, -0.2) is 0 Å².